The summed E-state index contributed by atoms with van der Waals surface area (Å²) in [5.41, 5.74) is 3.02. The lowest BCUT2D eigenvalue weighted by atomic mass is 10.1. The molecule has 0 atom stereocenters. The summed E-state index contributed by atoms with van der Waals surface area (Å²) in [6, 6.07) is 14.8. The predicted octanol–water partition coefficient (Wildman–Crippen LogP) is 3.30. The minimum Gasteiger partial charge on any atom is -0.309 e. The lowest BCUT2D eigenvalue weighted by Gasteiger charge is -2.08. The van der Waals surface area contributed by atoms with E-state index >= 15 is 0 Å². The minimum atomic E-state index is -0.428. The predicted molar refractivity (Wildman–Crippen MR) is 72.8 cm³/mol. The molecule has 19 heavy (non-hydrogen) atoms. The van der Waals surface area contributed by atoms with E-state index < -0.39 is 5.82 Å². The third-order valence-corrected chi connectivity index (χ3v) is 3.09. The maximum absolute atomic E-state index is 13.8. The second-order valence-corrected chi connectivity index (χ2v) is 4.42. The number of nitrogens with zero attached hydrogens (tertiary/aromatic N) is 1. The molecule has 96 valence electrons. The summed E-state index contributed by atoms with van der Waals surface area (Å²) in [6.45, 7) is 3.15. The van der Waals surface area contributed by atoms with E-state index in [-0.39, 0.29) is 5.56 Å². The molecule has 0 aliphatic heterocycles. The molecule has 0 aromatic heterocycles. The molecule has 2 rings (SSSR count). The van der Waals surface area contributed by atoms with Gasteiger partial charge in [-0.2, -0.15) is 5.26 Å². The van der Waals surface area contributed by atoms with Crippen LogP contribution < -0.4 is 5.32 Å². The van der Waals surface area contributed by atoms with Crippen LogP contribution in [0.15, 0.2) is 42.5 Å². The first-order chi connectivity index (χ1) is 9.22. The third-order valence-electron chi connectivity index (χ3n) is 3.09. The van der Waals surface area contributed by atoms with Gasteiger partial charge in [0.15, 0.2) is 0 Å². The van der Waals surface area contributed by atoms with Gasteiger partial charge in [-0.3, -0.25) is 0 Å². The number of aryl methyl sites for hydroxylation is 1. The second-order valence-electron chi connectivity index (χ2n) is 4.42. The van der Waals surface area contributed by atoms with Crippen molar-refractivity contribution in [1.29, 1.82) is 5.26 Å². The summed E-state index contributed by atoms with van der Waals surface area (Å²) >= 11 is 0. The molecule has 0 saturated carbocycles. The van der Waals surface area contributed by atoms with Crippen molar-refractivity contribution < 1.29 is 4.39 Å². The van der Waals surface area contributed by atoms with Gasteiger partial charge >= 0.3 is 0 Å². The van der Waals surface area contributed by atoms with E-state index in [1.807, 2.05) is 37.3 Å². The molecule has 0 fully saturated rings. The normalized spacial score (nSPS) is 10.2. The average Bonchev–Trinajstić information content (AvgIpc) is 2.43. The molecule has 1 N–H and O–H groups in total. The van der Waals surface area contributed by atoms with Gasteiger partial charge in [0.2, 0.25) is 0 Å². The maximum atomic E-state index is 13.8. The molecule has 2 aromatic rings. The molecule has 2 aromatic carbocycles. The number of nitriles is 1. The first-order valence-electron chi connectivity index (χ1n) is 6.15. The standard InChI is InChI=1S/C16H15FN2/c1-12-5-2-3-6-14(12)10-19-11-15-8-4-7-13(9-18)16(15)17/h2-8,19H,10-11H2,1H3. The molecule has 3 heteroatoms. The maximum Gasteiger partial charge on any atom is 0.145 e. The van der Waals surface area contributed by atoms with Gasteiger partial charge in [0.25, 0.3) is 0 Å². The molecular weight excluding hydrogens is 239 g/mol. The quantitative estimate of drug-likeness (QED) is 0.908. The zero-order chi connectivity index (χ0) is 13.7. The fraction of sp³-hybridized carbons (Fsp3) is 0.188. The molecule has 0 aliphatic carbocycles. The highest BCUT2D eigenvalue weighted by atomic mass is 19.1. The lowest BCUT2D eigenvalue weighted by Crippen LogP contribution is -2.14. The van der Waals surface area contributed by atoms with Crippen LogP contribution in [0.3, 0.4) is 0 Å². The zero-order valence-corrected chi connectivity index (χ0v) is 10.8. The van der Waals surface area contributed by atoms with Crippen LogP contribution in [0.25, 0.3) is 0 Å². The largest absolute Gasteiger partial charge is 0.309 e. The molecule has 2 nitrogen and oxygen atoms in total. The van der Waals surface area contributed by atoms with E-state index in [1.165, 1.54) is 17.2 Å². The summed E-state index contributed by atoms with van der Waals surface area (Å²) in [5, 5.41) is 12.0. The number of halogens is 1. The van der Waals surface area contributed by atoms with Crippen LogP contribution in [0.5, 0.6) is 0 Å². The first kappa shape index (κ1) is 13.3. The van der Waals surface area contributed by atoms with Gasteiger partial charge in [0, 0.05) is 18.7 Å². The Hall–Kier alpha value is -2.18. The SMILES string of the molecule is Cc1ccccc1CNCc1cccc(C#N)c1F. The summed E-state index contributed by atoms with van der Waals surface area (Å²) < 4.78 is 13.8. The molecule has 0 spiro atoms. The Labute approximate surface area is 112 Å². The van der Waals surface area contributed by atoms with E-state index in [4.69, 9.17) is 5.26 Å². The lowest BCUT2D eigenvalue weighted by molar-refractivity contribution is 0.584. The summed E-state index contributed by atoms with van der Waals surface area (Å²) in [7, 11) is 0. The van der Waals surface area contributed by atoms with Crippen molar-refractivity contribution in [1.82, 2.24) is 5.32 Å². The van der Waals surface area contributed by atoms with Gasteiger partial charge in [-0.1, -0.05) is 36.4 Å². The van der Waals surface area contributed by atoms with E-state index in [2.05, 4.69) is 5.32 Å². The minimum absolute atomic E-state index is 0.0928. The van der Waals surface area contributed by atoms with Crippen molar-refractivity contribution in [3.8, 4) is 6.07 Å². The van der Waals surface area contributed by atoms with Crippen LogP contribution in [0.2, 0.25) is 0 Å². The zero-order valence-electron chi connectivity index (χ0n) is 10.8. The molecular formula is C16H15FN2. The summed E-state index contributed by atoms with van der Waals surface area (Å²) in [4.78, 5) is 0. The van der Waals surface area contributed by atoms with Crippen molar-refractivity contribution in [2.75, 3.05) is 0 Å². The fourth-order valence-electron chi connectivity index (χ4n) is 1.94. The second kappa shape index (κ2) is 6.12. The van der Waals surface area contributed by atoms with Crippen LogP contribution in [0.1, 0.15) is 22.3 Å². The Morgan fingerprint density at radius 2 is 1.74 bits per heavy atom. The van der Waals surface area contributed by atoms with Crippen LogP contribution in [-0.2, 0) is 13.1 Å². The van der Waals surface area contributed by atoms with Crippen LogP contribution in [-0.4, -0.2) is 0 Å². The number of hydrogen-bond acceptors (Lipinski definition) is 2. The van der Waals surface area contributed by atoms with Gasteiger partial charge < -0.3 is 5.32 Å². The van der Waals surface area contributed by atoms with Gasteiger partial charge in [0.1, 0.15) is 11.9 Å². The van der Waals surface area contributed by atoms with Gasteiger partial charge in [-0.15, -0.1) is 0 Å². The van der Waals surface area contributed by atoms with Crippen molar-refractivity contribution in [2.45, 2.75) is 20.0 Å². The number of nitrogens with one attached hydrogen (secondary N) is 1. The smallest absolute Gasteiger partial charge is 0.145 e. The topological polar surface area (TPSA) is 35.8 Å². The Kier molecular flexibility index (Phi) is 4.27. The fourth-order valence-corrected chi connectivity index (χ4v) is 1.94. The molecule has 0 bridgehead atoms. The average molecular weight is 254 g/mol. The molecule has 0 aliphatic rings. The molecule has 0 amide bonds. The van der Waals surface area contributed by atoms with Gasteiger partial charge in [-0.05, 0) is 24.1 Å². The Morgan fingerprint density at radius 3 is 2.47 bits per heavy atom. The first-order valence-corrected chi connectivity index (χ1v) is 6.15. The van der Waals surface area contributed by atoms with Crippen LogP contribution in [0, 0.1) is 24.1 Å². The van der Waals surface area contributed by atoms with Crippen molar-refractivity contribution in [2.24, 2.45) is 0 Å². The van der Waals surface area contributed by atoms with Gasteiger partial charge in [0.05, 0.1) is 5.56 Å². The highest BCUT2D eigenvalue weighted by Crippen LogP contribution is 2.12. The monoisotopic (exact) mass is 254 g/mol. The molecule has 0 radical (unpaired) electrons. The highest BCUT2D eigenvalue weighted by Gasteiger charge is 2.06. The highest BCUT2D eigenvalue weighted by molar-refractivity contribution is 5.35. The number of rotatable bonds is 4. The van der Waals surface area contributed by atoms with Crippen molar-refractivity contribution >= 4 is 0 Å². The van der Waals surface area contributed by atoms with Gasteiger partial charge in [-0.25, -0.2) is 4.39 Å². The van der Waals surface area contributed by atoms with Crippen LogP contribution >= 0.6 is 0 Å². The van der Waals surface area contributed by atoms with E-state index in [0.29, 0.717) is 18.7 Å². The Bertz CT molecular complexity index is 614. The van der Waals surface area contributed by atoms with Crippen molar-refractivity contribution in [3.63, 3.8) is 0 Å². The molecule has 0 heterocycles. The molecule has 0 saturated heterocycles. The molecule has 0 unspecified atom stereocenters. The summed E-state index contributed by atoms with van der Waals surface area (Å²) in [5.74, 6) is -0.428. The van der Waals surface area contributed by atoms with Crippen molar-refractivity contribution in [3.05, 3.63) is 70.5 Å². The number of hydrogen-bond donors (Lipinski definition) is 1. The number of benzene rings is 2. The van der Waals surface area contributed by atoms with E-state index in [9.17, 15) is 4.39 Å². The Balaban J connectivity index is 2.01. The Morgan fingerprint density at radius 1 is 1.05 bits per heavy atom. The van der Waals surface area contributed by atoms with E-state index in [0.717, 1.165) is 0 Å². The van der Waals surface area contributed by atoms with E-state index in [1.54, 1.807) is 12.1 Å². The summed E-state index contributed by atoms with van der Waals surface area (Å²) in [6.07, 6.45) is 0. The third kappa shape index (κ3) is 3.18. The van der Waals surface area contributed by atoms with Crippen LogP contribution in [0.4, 0.5) is 4.39 Å².